The third-order valence-corrected chi connectivity index (χ3v) is 4.69. The summed E-state index contributed by atoms with van der Waals surface area (Å²) in [7, 11) is 0. The van der Waals surface area contributed by atoms with Crippen LogP contribution in [0.4, 0.5) is 0 Å². The molecule has 0 radical (unpaired) electrons. The summed E-state index contributed by atoms with van der Waals surface area (Å²) in [5.74, 6) is 1.68. The maximum atomic E-state index is 4.36. The molecule has 0 spiro atoms. The van der Waals surface area contributed by atoms with Crippen LogP contribution in [0.25, 0.3) is 17.1 Å². The van der Waals surface area contributed by atoms with Crippen LogP contribution in [0.1, 0.15) is 5.82 Å². The van der Waals surface area contributed by atoms with E-state index in [-0.39, 0.29) is 0 Å². The van der Waals surface area contributed by atoms with Gasteiger partial charge in [0.1, 0.15) is 5.82 Å². The van der Waals surface area contributed by atoms with Gasteiger partial charge in [-0.15, -0.1) is 10.2 Å². The molecule has 1 heterocycles. The Bertz CT molecular complexity index is 769. The van der Waals surface area contributed by atoms with E-state index in [9.17, 15) is 0 Å². The maximum Gasteiger partial charge on any atom is 0.169 e. The highest BCUT2D eigenvalue weighted by molar-refractivity contribution is 9.11. The van der Waals surface area contributed by atoms with Gasteiger partial charge in [0.25, 0.3) is 0 Å². The number of para-hydroxylation sites is 1. The van der Waals surface area contributed by atoms with Gasteiger partial charge in [-0.2, -0.15) is 0 Å². The Balaban J connectivity index is 2.22. The second-order valence-electron chi connectivity index (χ2n) is 4.37. The average molecular weight is 472 g/mol. The molecule has 0 saturated heterocycles. The van der Waals surface area contributed by atoms with Crippen LogP contribution in [0.3, 0.4) is 0 Å². The quantitative estimate of drug-likeness (QED) is 0.482. The number of rotatable bonds is 3. The van der Waals surface area contributed by atoms with Crippen LogP contribution in [0.5, 0.6) is 0 Å². The summed E-state index contributed by atoms with van der Waals surface area (Å²) in [5, 5.41) is 9.29. The zero-order chi connectivity index (χ0) is 14.8. The lowest BCUT2D eigenvalue weighted by Crippen LogP contribution is -2.01. The molecule has 0 amide bonds. The fourth-order valence-electron chi connectivity index (χ4n) is 2.10. The molecule has 0 aliphatic heterocycles. The smallest absolute Gasteiger partial charge is 0.169 e. The molecule has 3 rings (SSSR count). The Kier molecular flexibility index (Phi) is 4.57. The van der Waals surface area contributed by atoms with E-state index in [4.69, 9.17) is 0 Å². The van der Waals surface area contributed by atoms with E-state index in [0.29, 0.717) is 5.33 Å². The van der Waals surface area contributed by atoms with Crippen LogP contribution >= 0.6 is 47.8 Å². The molecule has 0 unspecified atom stereocenters. The van der Waals surface area contributed by atoms with E-state index in [1.54, 1.807) is 0 Å². The average Bonchev–Trinajstić information content (AvgIpc) is 2.92. The van der Waals surface area contributed by atoms with Crippen molar-refractivity contribution in [3.05, 3.63) is 63.3 Å². The largest absolute Gasteiger partial charge is 0.278 e. The molecule has 0 aliphatic rings. The number of benzene rings is 2. The van der Waals surface area contributed by atoms with E-state index in [1.807, 2.05) is 48.5 Å². The van der Waals surface area contributed by atoms with Crippen LogP contribution in [0.15, 0.2) is 57.5 Å². The zero-order valence-corrected chi connectivity index (χ0v) is 15.6. The summed E-state index contributed by atoms with van der Waals surface area (Å²) in [4.78, 5) is 0. The topological polar surface area (TPSA) is 30.7 Å². The van der Waals surface area contributed by atoms with Crippen molar-refractivity contribution in [1.29, 1.82) is 0 Å². The van der Waals surface area contributed by atoms with Gasteiger partial charge in [-0.1, -0.05) is 50.1 Å². The number of halogens is 3. The van der Waals surface area contributed by atoms with Gasteiger partial charge in [0.2, 0.25) is 0 Å². The fourth-order valence-corrected chi connectivity index (χ4v) is 3.68. The molecule has 0 bridgehead atoms. The summed E-state index contributed by atoms with van der Waals surface area (Å²) < 4.78 is 4.05. The van der Waals surface area contributed by atoms with Gasteiger partial charge in [-0.25, -0.2) is 0 Å². The van der Waals surface area contributed by atoms with Gasteiger partial charge in [-0.05, 0) is 46.3 Å². The normalized spacial score (nSPS) is 10.8. The molecular formula is C15H10Br3N3. The van der Waals surface area contributed by atoms with Gasteiger partial charge in [0.05, 0.1) is 5.33 Å². The first-order chi connectivity index (χ1) is 10.2. The minimum atomic E-state index is 0.642. The van der Waals surface area contributed by atoms with Crippen molar-refractivity contribution in [2.45, 2.75) is 5.33 Å². The maximum absolute atomic E-state index is 4.36. The fraction of sp³-hybridized carbons (Fsp3) is 0.0667. The summed E-state index contributed by atoms with van der Waals surface area (Å²) in [6, 6.07) is 16.1. The van der Waals surface area contributed by atoms with E-state index in [1.165, 1.54) is 0 Å². The summed E-state index contributed by atoms with van der Waals surface area (Å²) in [6.07, 6.45) is 0. The predicted molar refractivity (Wildman–Crippen MR) is 94.8 cm³/mol. The van der Waals surface area contributed by atoms with E-state index < -0.39 is 0 Å². The Hall–Kier alpha value is -0.980. The first-order valence-corrected chi connectivity index (χ1v) is 8.92. The van der Waals surface area contributed by atoms with Crippen molar-refractivity contribution in [1.82, 2.24) is 14.8 Å². The number of nitrogens with zero attached hydrogens (tertiary/aromatic N) is 3. The second kappa shape index (κ2) is 6.42. The Morgan fingerprint density at radius 3 is 2.38 bits per heavy atom. The molecule has 1 aromatic heterocycles. The minimum absolute atomic E-state index is 0.642. The molecule has 0 aliphatic carbocycles. The molecule has 3 nitrogen and oxygen atoms in total. The van der Waals surface area contributed by atoms with Crippen molar-refractivity contribution in [2.24, 2.45) is 0 Å². The molecule has 6 heteroatoms. The molecule has 0 N–H and O–H groups in total. The Labute approximate surface area is 147 Å². The lowest BCUT2D eigenvalue weighted by molar-refractivity contribution is 0.962. The van der Waals surface area contributed by atoms with E-state index in [0.717, 1.165) is 31.8 Å². The summed E-state index contributed by atoms with van der Waals surface area (Å²) >= 11 is 10.5. The van der Waals surface area contributed by atoms with Crippen molar-refractivity contribution < 1.29 is 0 Å². The third-order valence-electron chi connectivity index (χ3n) is 3.04. The lowest BCUT2D eigenvalue weighted by atomic mass is 10.2. The SMILES string of the molecule is BrCc1nnc(-c2ccc(Br)cc2Br)n1-c1ccccc1. The van der Waals surface area contributed by atoms with Crippen LogP contribution in [-0.4, -0.2) is 14.8 Å². The van der Waals surface area contributed by atoms with Gasteiger partial charge < -0.3 is 0 Å². The predicted octanol–water partition coefficient (Wildman–Crippen LogP) is 5.35. The van der Waals surface area contributed by atoms with Gasteiger partial charge in [0, 0.05) is 20.2 Å². The number of aromatic nitrogens is 3. The molecule has 0 atom stereocenters. The molecule has 21 heavy (non-hydrogen) atoms. The zero-order valence-electron chi connectivity index (χ0n) is 10.8. The molecular weight excluding hydrogens is 462 g/mol. The second-order valence-corrected chi connectivity index (χ2v) is 6.70. The van der Waals surface area contributed by atoms with E-state index in [2.05, 4.69) is 62.6 Å². The molecule has 0 fully saturated rings. The summed E-state index contributed by atoms with van der Waals surface area (Å²) in [5.41, 5.74) is 2.04. The highest BCUT2D eigenvalue weighted by atomic mass is 79.9. The molecule has 0 saturated carbocycles. The highest BCUT2D eigenvalue weighted by Gasteiger charge is 2.16. The Morgan fingerprint density at radius 1 is 0.952 bits per heavy atom. The highest BCUT2D eigenvalue weighted by Crippen LogP contribution is 2.31. The van der Waals surface area contributed by atoms with Crippen molar-refractivity contribution in [3.63, 3.8) is 0 Å². The van der Waals surface area contributed by atoms with Crippen LogP contribution in [0.2, 0.25) is 0 Å². The molecule has 3 aromatic rings. The standard InChI is InChI=1S/C15H10Br3N3/c16-9-14-19-20-15(12-7-6-10(17)8-13(12)18)21(14)11-4-2-1-3-5-11/h1-8H,9H2. The first-order valence-electron chi connectivity index (χ1n) is 6.22. The monoisotopic (exact) mass is 469 g/mol. The summed E-state index contributed by atoms with van der Waals surface area (Å²) in [6.45, 7) is 0. The van der Waals surface area contributed by atoms with Crippen molar-refractivity contribution in [3.8, 4) is 17.1 Å². The lowest BCUT2D eigenvalue weighted by Gasteiger charge is -2.10. The number of hydrogen-bond donors (Lipinski definition) is 0. The number of alkyl halides is 1. The van der Waals surface area contributed by atoms with Crippen molar-refractivity contribution >= 4 is 47.8 Å². The van der Waals surface area contributed by atoms with Crippen LogP contribution < -0.4 is 0 Å². The first kappa shape index (κ1) is 14.9. The Morgan fingerprint density at radius 2 is 1.71 bits per heavy atom. The van der Waals surface area contributed by atoms with Gasteiger partial charge >= 0.3 is 0 Å². The van der Waals surface area contributed by atoms with Gasteiger partial charge in [-0.3, -0.25) is 4.57 Å². The molecule has 106 valence electrons. The minimum Gasteiger partial charge on any atom is -0.278 e. The van der Waals surface area contributed by atoms with Crippen LogP contribution in [-0.2, 0) is 5.33 Å². The van der Waals surface area contributed by atoms with E-state index >= 15 is 0 Å². The van der Waals surface area contributed by atoms with Crippen molar-refractivity contribution in [2.75, 3.05) is 0 Å². The molecule has 2 aromatic carbocycles. The third kappa shape index (κ3) is 2.98. The van der Waals surface area contributed by atoms with Crippen LogP contribution in [0, 0.1) is 0 Å². The number of hydrogen-bond acceptors (Lipinski definition) is 2. The van der Waals surface area contributed by atoms with Gasteiger partial charge in [0.15, 0.2) is 5.82 Å².